The highest BCUT2D eigenvalue weighted by atomic mass is 16.1. The third-order valence-electron chi connectivity index (χ3n) is 2.54. The first-order valence-corrected chi connectivity index (χ1v) is 4.18. The molecule has 2 nitrogen and oxygen atoms in total. The van der Waals surface area contributed by atoms with Crippen LogP contribution in [0.25, 0.3) is 0 Å². The van der Waals surface area contributed by atoms with E-state index in [0.717, 1.165) is 19.4 Å². The van der Waals surface area contributed by atoms with Gasteiger partial charge in [-0.3, -0.25) is 4.79 Å². The van der Waals surface area contributed by atoms with Gasteiger partial charge in [-0.1, -0.05) is 6.42 Å². The van der Waals surface area contributed by atoms with Crippen molar-refractivity contribution in [1.82, 2.24) is 0 Å². The number of nitrogens with zero attached hydrogens (tertiary/aromatic N) is 1. The molecule has 0 aromatic rings. The minimum Gasteiger partial charge on any atom is -0.301 e. The highest BCUT2D eigenvalue weighted by molar-refractivity contribution is 5.78. The van der Waals surface area contributed by atoms with Gasteiger partial charge in [0.15, 0.2) is 0 Å². The summed E-state index contributed by atoms with van der Waals surface area (Å²) < 4.78 is 0. The molecule has 0 bridgehead atoms. The number of aliphatic imine (C=N–C) groups is 1. The summed E-state index contributed by atoms with van der Waals surface area (Å²) in [6.07, 6.45) is 3.41. The number of carbonyl (C=O) groups excluding carboxylic acids is 1. The van der Waals surface area contributed by atoms with Crippen molar-refractivity contribution < 1.29 is 4.79 Å². The van der Waals surface area contributed by atoms with E-state index in [1.165, 1.54) is 6.42 Å². The van der Waals surface area contributed by atoms with Crippen molar-refractivity contribution in [2.45, 2.75) is 26.2 Å². The largest absolute Gasteiger partial charge is 0.301 e. The second-order valence-electron chi connectivity index (χ2n) is 3.31. The minimum atomic E-state index is 0.278. The van der Waals surface area contributed by atoms with Gasteiger partial charge < -0.3 is 4.99 Å². The van der Waals surface area contributed by atoms with Crippen LogP contribution in [0.5, 0.6) is 0 Å². The van der Waals surface area contributed by atoms with Crippen LogP contribution in [-0.4, -0.2) is 19.0 Å². The molecular weight excluding hydrogens is 138 g/mol. The van der Waals surface area contributed by atoms with Crippen LogP contribution in [0.2, 0.25) is 0 Å². The van der Waals surface area contributed by atoms with Gasteiger partial charge in [0.05, 0.1) is 0 Å². The Morgan fingerprint density at radius 2 is 2.36 bits per heavy atom. The summed E-state index contributed by atoms with van der Waals surface area (Å²) in [4.78, 5) is 14.9. The van der Waals surface area contributed by atoms with Crippen LogP contribution >= 0.6 is 0 Å². The molecule has 0 saturated heterocycles. The van der Waals surface area contributed by atoms with E-state index in [9.17, 15) is 4.79 Å². The normalized spacial score (nSPS) is 30.3. The van der Waals surface area contributed by atoms with Crippen molar-refractivity contribution >= 4 is 12.5 Å². The van der Waals surface area contributed by atoms with Gasteiger partial charge in [-0.2, -0.15) is 0 Å². The maximum atomic E-state index is 11.1. The lowest BCUT2D eigenvalue weighted by atomic mass is 9.93. The fraction of sp³-hybridized carbons (Fsp3) is 0.778. The summed E-state index contributed by atoms with van der Waals surface area (Å²) in [5.74, 6) is 1.10. The lowest BCUT2D eigenvalue weighted by Gasteiger charge is -2.13. The molecule has 0 aromatic heterocycles. The molecule has 62 valence electrons. The number of hydrogen-bond donors (Lipinski definition) is 0. The Hall–Kier alpha value is -0.660. The second kappa shape index (κ2) is 3.65. The third-order valence-corrected chi connectivity index (χ3v) is 2.54. The van der Waals surface area contributed by atoms with Crippen molar-refractivity contribution in [3.63, 3.8) is 0 Å². The Labute approximate surface area is 67.7 Å². The molecule has 0 aromatic carbocycles. The fourth-order valence-corrected chi connectivity index (χ4v) is 1.96. The monoisotopic (exact) mass is 153 g/mol. The predicted molar refractivity (Wildman–Crippen MR) is 45.9 cm³/mol. The minimum absolute atomic E-state index is 0.278. The summed E-state index contributed by atoms with van der Waals surface area (Å²) in [6, 6.07) is 0. The quantitative estimate of drug-likeness (QED) is 0.567. The zero-order chi connectivity index (χ0) is 8.27. The highest BCUT2D eigenvalue weighted by Crippen LogP contribution is 2.32. The van der Waals surface area contributed by atoms with E-state index in [4.69, 9.17) is 0 Å². The zero-order valence-electron chi connectivity index (χ0n) is 7.05. The summed E-state index contributed by atoms with van der Waals surface area (Å²) in [7, 11) is 0. The molecular formula is C9H15NO. The molecule has 0 N–H and O–H groups in total. The Morgan fingerprint density at radius 1 is 1.64 bits per heavy atom. The molecule has 1 saturated carbocycles. The average molecular weight is 153 g/mol. The van der Waals surface area contributed by atoms with Crippen molar-refractivity contribution in [3.05, 3.63) is 0 Å². The van der Waals surface area contributed by atoms with Gasteiger partial charge in [-0.05, 0) is 32.4 Å². The van der Waals surface area contributed by atoms with E-state index >= 15 is 0 Å². The van der Waals surface area contributed by atoms with Gasteiger partial charge in [0.2, 0.25) is 0 Å². The van der Waals surface area contributed by atoms with Gasteiger partial charge in [0.25, 0.3) is 0 Å². The zero-order valence-corrected chi connectivity index (χ0v) is 7.05. The smallest absolute Gasteiger partial charge is 0.133 e. The Balaban J connectivity index is 2.50. The molecule has 1 aliphatic carbocycles. The van der Waals surface area contributed by atoms with E-state index < -0.39 is 0 Å². The molecule has 1 aliphatic rings. The third kappa shape index (κ3) is 1.88. The molecule has 0 aliphatic heterocycles. The van der Waals surface area contributed by atoms with Crippen LogP contribution in [0.15, 0.2) is 4.99 Å². The van der Waals surface area contributed by atoms with Gasteiger partial charge in [0.1, 0.15) is 5.78 Å². The molecule has 1 rings (SSSR count). The number of carbonyl (C=O) groups is 1. The topological polar surface area (TPSA) is 29.4 Å². The van der Waals surface area contributed by atoms with Crippen LogP contribution in [0, 0.1) is 11.8 Å². The molecule has 2 unspecified atom stereocenters. The first kappa shape index (κ1) is 8.44. The van der Waals surface area contributed by atoms with E-state index in [1.54, 1.807) is 6.92 Å². The van der Waals surface area contributed by atoms with Crippen LogP contribution in [0.4, 0.5) is 0 Å². The Morgan fingerprint density at radius 3 is 2.91 bits per heavy atom. The van der Waals surface area contributed by atoms with Gasteiger partial charge in [-0.15, -0.1) is 0 Å². The molecule has 1 fully saturated rings. The van der Waals surface area contributed by atoms with E-state index in [1.807, 2.05) is 0 Å². The average Bonchev–Trinajstić information content (AvgIpc) is 2.36. The summed E-state index contributed by atoms with van der Waals surface area (Å²) >= 11 is 0. The SMILES string of the molecule is C=NCC1CCCC1C(C)=O. The summed E-state index contributed by atoms with van der Waals surface area (Å²) in [5.41, 5.74) is 0. The van der Waals surface area contributed by atoms with E-state index in [-0.39, 0.29) is 5.92 Å². The molecule has 2 atom stereocenters. The van der Waals surface area contributed by atoms with Crippen molar-refractivity contribution in [3.8, 4) is 0 Å². The molecule has 0 heterocycles. The van der Waals surface area contributed by atoms with Gasteiger partial charge in [-0.25, -0.2) is 0 Å². The first-order valence-electron chi connectivity index (χ1n) is 4.18. The second-order valence-corrected chi connectivity index (χ2v) is 3.31. The fourth-order valence-electron chi connectivity index (χ4n) is 1.96. The molecule has 0 spiro atoms. The van der Waals surface area contributed by atoms with Gasteiger partial charge in [0, 0.05) is 12.5 Å². The summed E-state index contributed by atoms with van der Waals surface area (Å²) in [5, 5.41) is 0. The number of hydrogen-bond acceptors (Lipinski definition) is 2. The highest BCUT2D eigenvalue weighted by Gasteiger charge is 2.29. The summed E-state index contributed by atoms with van der Waals surface area (Å²) in [6.45, 7) is 5.91. The first-order chi connectivity index (χ1) is 5.25. The van der Waals surface area contributed by atoms with Gasteiger partial charge >= 0.3 is 0 Å². The van der Waals surface area contributed by atoms with E-state index in [0.29, 0.717) is 11.7 Å². The maximum Gasteiger partial charge on any atom is 0.133 e. The molecule has 2 heteroatoms. The molecule has 0 radical (unpaired) electrons. The van der Waals surface area contributed by atoms with Crippen molar-refractivity contribution in [2.75, 3.05) is 6.54 Å². The number of Topliss-reactive ketones (excluding diaryl/α,β-unsaturated/α-hetero) is 1. The standard InChI is InChI=1S/C9H15NO/c1-7(11)9-5-3-4-8(9)6-10-2/h8-9H,2-6H2,1H3. The lowest BCUT2D eigenvalue weighted by Crippen LogP contribution is -2.18. The Kier molecular flexibility index (Phi) is 2.80. The number of rotatable bonds is 3. The molecule has 11 heavy (non-hydrogen) atoms. The van der Waals surface area contributed by atoms with Crippen LogP contribution < -0.4 is 0 Å². The van der Waals surface area contributed by atoms with Crippen LogP contribution in [0.3, 0.4) is 0 Å². The predicted octanol–water partition coefficient (Wildman–Crippen LogP) is 1.69. The van der Waals surface area contributed by atoms with Crippen LogP contribution in [-0.2, 0) is 4.79 Å². The van der Waals surface area contributed by atoms with Crippen molar-refractivity contribution in [1.29, 1.82) is 0 Å². The molecule has 0 amide bonds. The van der Waals surface area contributed by atoms with E-state index in [2.05, 4.69) is 11.7 Å². The maximum absolute atomic E-state index is 11.1. The lowest BCUT2D eigenvalue weighted by molar-refractivity contribution is -0.121. The number of ketones is 1. The Bertz CT molecular complexity index is 165. The van der Waals surface area contributed by atoms with Crippen molar-refractivity contribution in [2.24, 2.45) is 16.8 Å². The van der Waals surface area contributed by atoms with Crippen LogP contribution in [0.1, 0.15) is 26.2 Å².